The Labute approximate surface area is 190 Å². The number of alkyl carbamates (subject to hydrolysis) is 1. The maximum absolute atomic E-state index is 11.1. The Morgan fingerprint density at radius 2 is 1.37 bits per heavy atom. The minimum Gasteiger partial charge on any atom is -0.465 e. The molecule has 0 aliphatic heterocycles. The molecule has 2 amide bonds. The first-order valence-corrected chi connectivity index (χ1v) is 10.0. The molecule has 168 valence electrons. The Morgan fingerprint density at radius 1 is 0.933 bits per heavy atom. The van der Waals surface area contributed by atoms with Gasteiger partial charge in [-0.15, -0.1) is 26.3 Å². The van der Waals surface area contributed by atoms with Crippen LogP contribution in [0.5, 0.6) is 0 Å². The largest absolute Gasteiger partial charge is 0.465 e. The molecule has 0 atom stereocenters. The van der Waals surface area contributed by atoms with Crippen LogP contribution in [0.2, 0.25) is 0 Å². The third-order valence-electron chi connectivity index (χ3n) is 3.22. The molecule has 0 aromatic rings. The van der Waals surface area contributed by atoms with Gasteiger partial charge < -0.3 is 19.6 Å². The number of carbonyl (C=O) groups is 2. The number of hydrogen-bond donors (Lipinski definition) is 2. The Balaban J connectivity index is 0. The van der Waals surface area contributed by atoms with E-state index in [9.17, 15) is 9.59 Å². The predicted molar refractivity (Wildman–Crippen MR) is 130 cm³/mol. The molecule has 0 spiro atoms. The van der Waals surface area contributed by atoms with Crippen LogP contribution >= 0.6 is 24.4 Å². The van der Waals surface area contributed by atoms with Gasteiger partial charge in [-0.05, 0) is 38.3 Å². The van der Waals surface area contributed by atoms with Crippen LogP contribution in [-0.4, -0.2) is 81.5 Å². The summed E-state index contributed by atoms with van der Waals surface area (Å²) in [6.45, 7) is 20.6. The van der Waals surface area contributed by atoms with Gasteiger partial charge in [-0.25, -0.2) is 9.59 Å². The lowest BCUT2D eigenvalue weighted by Gasteiger charge is -2.28. The third-order valence-corrected chi connectivity index (χ3v) is 4.06. The van der Waals surface area contributed by atoms with Crippen molar-refractivity contribution in [2.75, 3.05) is 39.3 Å². The lowest BCUT2D eigenvalue weighted by atomic mass is 10.4. The number of nitrogens with zero attached hydrogens (tertiary/aromatic N) is 3. The lowest BCUT2D eigenvalue weighted by Crippen LogP contribution is -2.45. The van der Waals surface area contributed by atoms with Crippen molar-refractivity contribution in [3.63, 3.8) is 0 Å². The van der Waals surface area contributed by atoms with E-state index < -0.39 is 12.2 Å². The summed E-state index contributed by atoms with van der Waals surface area (Å²) in [7, 11) is 0. The van der Waals surface area contributed by atoms with Crippen molar-refractivity contribution in [1.29, 1.82) is 0 Å². The average Bonchev–Trinajstić information content (AvgIpc) is 2.68. The molecule has 0 bridgehead atoms. The summed E-state index contributed by atoms with van der Waals surface area (Å²) in [5.41, 5.74) is 0. The number of amides is 2. The van der Waals surface area contributed by atoms with Gasteiger partial charge in [0.2, 0.25) is 0 Å². The minimum absolute atomic E-state index is 0.282. The van der Waals surface area contributed by atoms with Crippen molar-refractivity contribution in [2.45, 2.75) is 13.8 Å². The average molecular weight is 457 g/mol. The normalized spacial score (nSPS) is 9.00. The molecule has 0 rings (SSSR count). The summed E-state index contributed by atoms with van der Waals surface area (Å²) >= 11 is 10.1. The summed E-state index contributed by atoms with van der Waals surface area (Å²) < 4.78 is 4.70. The molecule has 0 aliphatic carbocycles. The van der Waals surface area contributed by atoms with E-state index in [0.717, 1.165) is 4.90 Å². The Hall–Kier alpha value is -2.72. The highest BCUT2D eigenvalue weighted by molar-refractivity contribution is 7.80. The van der Waals surface area contributed by atoms with Crippen LogP contribution in [0.1, 0.15) is 13.8 Å². The van der Waals surface area contributed by atoms with E-state index in [0.29, 0.717) is 44.4 Å². The van der Waals surface area contributed by atoms with Gasteiger partial charge >= 0.3 is 12.2 Å². The van der Waals surface area contributed by atoms with E-state index in [2.05, 4.69) is 31.6 Å². The first-order valence-electron chi connectivity index (χ1n) is 9.19. The Bertz CT molecular complexity index is 604. The Kier molecular flexibility index (Phi) is 18.0. The topological polar surface area (TPSA) is 85.4 Å². The maximum atomic E-state index is 11.1. The van der Waals surface area contributed by atoms with E-state index in [1.54, 1.807) is 48.0 Å². The molecular formula is C20H32N4O4S2. The zero-order valence-electron chi connectivity index (χ0n) is 17.7. The standard InChI is InChI=1S/2C10H16N2O2S/c1-4-7-12(8-5-2)9(15)11-10(13)14-6-3;1-4-7-11(8-5-2)9(15)12(6-3)10(13)14/h4-5H,1-2,6-8H2,3H3,(H,11,13,15);4-5H,1-2,6-8H2,3H3,(H,13,14). The SMILES string of the molecule is C=CCN(CC=C)C(=S)N(CC)C(=O)O.C=CCN(CC=C)C(=S)NC(=O)OCC. The van der Waals surface area contributed by atoms with Gasteiger partial charge in [0.15, 0.2) is 10.2 Å². The van der Waals surface area contributed by atoms with Crippen molar-refractivity contribution in [2.24, 2.45) is 0 Å². The molecule has 0 saturated carbocycles. The predicted octanol–water partition coefficient (Wildman–Crippen LogP) is 3.64. The zero-order valence-corrected chi connectivity index (χ0v) is 19.3. The van der Waals surface area contributed by atoms with E-state index >= 15 is 0 Å². The molecular weight excluding hydrogens is 424 g/mol. The molecule has 2 N–H and O–H groups in total. The van der Waals surface area contributed by atoms with Gasteiger partial charge in [0.05, 0.1) is 6.61 Å². The van der Waals surface area contributed by atoms with Gasteiger partial charge in [-0.3, -0.25) is 10.2 Å². The zero-order chi connectivity index (χ0) is 23.5. The molecule has 0 aromatic carbocycles. The summed E-state index contributed by atoms with van der Waals surface area (Å²) in [5, 5.41) is 11.9. The van der Waals surface area contributed by atoms with Crippen molar-refractivity contribution < 1.29 is 19.4 Å². The molecule has 0 unspecified atom stereocenters. The highest BCUT2D eigenvalue weighted by atomic mass is 32.1. The summed E-state index contributed by atoms with van der Waals surface area (Å²) in [6.07, 6.45) is 5.16. The van der Waals surface area contributed by atoms with Crippen molar-refractivity contribution in [3.8, 4) is 0 Å². The molecule has 0 heterocycles. The van der Waals surface area contributed by atoms with E-state index in [1.165, 1.54) is 0 Å². The van der Waals surface area contributed by atoms with Gasteiger partial charge in [-0.2, -0.15) is 0 Å². The van der Waals surface area contributed by atoms with Crippen LogP contribution in [0.3, 0.4) is 0 Å². The second-order valence-corrected chi connectivity index (χ2v) is 6.18. The highest BCUT2D eigenvalue weighted by Crippen LogP contribution is 2.01. The second-order valence-electron chi connectivity index (χ2n) is 5.42. The van der Waals surface area contributed by atoms with E-state index in [4.69, 9.17) is 34.3 Å². The molecule has 0 aromatic heterocycles. The van der Waals surface area contributed by atoms with Crippen molar-refractivity contribution >= 4 is 46.8 Å². The summed E-state index contributed by atoms with van der Waals surface area (Å²) in [5.74, 6) is 0. The number of rotatable bonds is 10. The van der Waals surface area contributed by atoms with Crippen LogP contribution in [0.15, 0.2) is 50.6 Å². The quantitative estimate of drug-likeness (QED) is 0.381. The smallest absolute Gasteiger partial charge is 0.413 e. The van der Waals surface area contributed by atoms with Gasteiger partial charge in [0.1, 0.15) is 0 Å². The van der Waals surface area contributed by atoms with Crippen LogP contribution in [0, 0.1) is 0 Å². The van der Waals surface area contributed by atoms with Gasteiger partial charge in [0, 0.05) is 32.7 Å². The Morgan fingerprint density at radius 3 is 1.70 bits per heavy atom. The highest BCUT2D eigenvalue weighted by Gasteiger charge is 2.19. The van der Waals surface area contributed by atoms with Crippen molar-refractivity contribution in [3.05, 3.63) is 50.6 Å². The summed E-state index contributed by atoms with van der Waals surface area (Å²) in [4.78, 5) is 26.5. The number of nitrogens with one attached hydrogen (secondary N) is 1. The first kappa shape index (κ1) is 29.5. The van der Waals surface area contributed by atoms with Crippen LogP contribution in [0.25, 0.3) is 0 Å². The molecule has 0 radical (unpaired) electrons. The molecule has 8 nitrogen and oxygen atoms in total. The second kappa shape index (κ2) is 18.3. The minimum atomic E-state index is -1.04. The molecule has 0 saturated heterocycles. The molecule has 0 fully saturated rings. The number of carboxylic acid groups (broad SMARTS) is 1. The number of ether oxygens (including phenoxy) is 1. The fourth-order valence-electron chi connectivity index (χ4n) is 1.95. The fourth-order valence-corrected chi connectivity index (χ4v) is 2.54. The van der Waals surface area contributed by atoms with Gasteiger partial charge in [0.25, 0.3) is 0 Å². The fraction of sp³-hybridized carbons (Fsp3) is 0.400. The van der Waals surface area contributed by atoms with Crippen LogP contribution in [0.4, 0.5) is 9.59 Å². The lowest BCUT2D eigenvalue weighted by molar-refractivity contribution is 0.157. The van der Waals surface area contributed by atoms with E-state index in [1.807, 2.05) is 0 Å². The molecule has 10 heteroatoms. The van der Waals surface area contributed by atoms with Crippen LogP contribution < -0.4 is 5.32 Å². The molecule has 0 aliphatic rings. The maximum Gasteiger partial charge on any atom is 0.413 e. The van der Waals surface area contributed by atoms with Gasteiger partial charge in [-0.1, -0.05) is 24.3 Å². The van der Waals surface area contributed by atoms with Crippen LogP contribution in [-0.2, 0) is 4.74 Å². The number of carbonyl (C=O) groups excluding carboxylic acids is 1. The number of thiocarbonyl (C=S) groups is 2. The first-order chi connectivity index (χ1) is 14.2. The number of hydrogen-bond acceptors (Lipinski definition) is 5. The van der Waals surface area contributed by atoms with E-state index in [-0.39, 0.29) is 5.11 Å². The third kappa shape index (κ3) is 12.7. The monoisotopic (exact) mass is 456 g/mol. The molecule has 30 heavy (non-hydrogen) atoms. The van der Waals surface area contributed by atoms with Crippen molar-refractivity contribution in [1.82, 2.24) is 20.0 Å². The summed E-state index contributed by atoms with van der Waals surface area (Å²) in [6, 6.07) is 0.